The number of anilines is 1. The quantitative estimate of drug-likeness (QED) is 0.790. The molecule has 3 nitrogen and oxygen atoms in total. The molecule has 1 fully saturated rings. The first-order valence-corrected chi connectivity index (χ1v) is 8.47. The van der Waals surface area contributed by atoms with Crippen molar-refractivity contribution in [2.75, 3.05) is 23.7 Å². The Bertz CT molecular complexity index is 400. The molecule has 5 heteroatoms. The van der Waals surface area contributed by atoms with E-state index in [2.05, 4.69) is 51.4 Å². The molecular weight excluding hydrogens is 310 g/mol. The Kier molecular flexibility index (Phi) is 5.30. The number of aromatic nitrogens is 2. The molecule has 1 aliphatic heterocycles. The molecule has 0 spiro atoms. The summed E-state index contributed by atoms with van der Waals surface area (Å²) >= 11 is 5.58. The van der Waals surface area contributed by atoms with E-state index < -0.39 is 0 Å². The summed E-state index contributed by atoms with van der Waals surface area (Å²) in [5.41, 5.74) is 0. The molecule has 0 N–H and O–H groups in total. The molecule has 0 radical (unpaired) electrons. The summed E-state index contributed by atoms with van der Waals surface area (Å²) in [5, 5.41) is 0.738. The molecule has 2 heterocycles. The van der Waals surface area contributed by atoms with Crippen molar-refractivity contribution in [2.24, 2.45) is 0 Å². The predicted molar refractivity (Wildman–Crippen MR) is 82.5 cm³/mol. The van der Waals surface area contributed by atoms with Crippen LogP contribution in [-0.4, -0.2) is 34.1 Å². The Morgan fingerprint density at radius 1 is 1.44 bits per heavy atom. The summed E-state index contributed by atoms with van der Waals surface area (Å²) in [5.74, 6) is 3.23. The minimum Gasteiger partial charge on any atom is -0.355 e. The zero-order valence-electron chi connectivity index (χ0n) is 11.0. The first kappa shape index (κ1) is 14.1. The van der Waals surface area contributed by atoms with Crippen molar-refractivity contribution < 1.29 is 0 Å². The fourth-order valence-corrected chi connectivity index (χ4v) is 3.71. The van der Waals surface area contributed by atoms with E-state index in [0.717, 1.165) is 47.4 Å². The molecule has 100 valence electrons. The number of rotatable bonds is 4. The minimum absolute atomic E-state index is 0.738. The van der Waals surface area contributed by atoms with Gasteiger partial charge >= 0.3 is 0 Å². The molecule has 18 heavy (non-hydrogen) atoms. The standard InChI is InChI=1S/C13H20BrN3S/c1-3-5-12-15-11(14)8-13(16-12)17-6-7-18-10(4-2)9-17/h8,10H,3-7,9H2,1-2H3. The molecule has 0 saturated carbocycles. The molecule has 2 rings (SSSR count). The molecular formula is C13H20BrN3S. The van der Waals surface area contributed by atoms with E-state index >= 15 is 0 Å². The van der Waals surface area contributed by atoms with Crippen LogP contribution in [-0.2, 0) is 6.42 Å². The maximum absolute atomic E-state index is 4.69. The zero-order chi connectivity index (χ0) is 13.0. The highest BCUT2D eigenvalue weighted by Gasteiger charge is 2.20. The van der Waals surface area contributed by atoms with Crippen LogP contribution in [0, 0.1) is 0 Å². The zero-order valence-corrected chi connectivity index (χ0v) is 13.4. The lowest BCUT2D eigenvalue weighted by Gasteiger charge is -2.33. The van der Waals surface area contributed by atoms with Gasteiger partial charge in [0.25, 0.3) is 0 Å². The Morgan fingerprint density at radius 2 is 2.28 bits per heavy atom. The number of aryl methyl sites for hydroxylation is 1. The van der Waals surface area contributed by atoms with Gasteiger partial charge in [-0.3, -0.25) is 0 Å². The van der Waals surface area contributed by atoms with Gasteiger partial charge in [0.15, 0.2) is 0 Å². The second kappa shape index (κ2) is 6.75. The lowest BCUT2D eigenvalue weighted by Crippen LogP contribution is -2.38. The van der Waals surface area contributed by atoms with Crippen molar-refractivity contribution >= 4 is 33.5 Å². The van der Waals surface area contributed by atoms with Gasteiger partial charge < -0.3 is 4.90 Å². The fourth-order valence-electron chi connectivity index (χ4n) is 2.12. The lowest BCUT2D eigenvalue weighted by molar-refractivity contribution is 0.711. The number of hydrogen-bond acceptors (Lipinski definition) is 4. The molecule has 0 amide bonds. The van der Waals surface area contributed by atoms with Crippen molar-refractivity contribution in [1.82, 2.24) is 9.97 Å². The Labute approximate surface area is 122 Å². The normalized spacial score (nSPS) is 20.2. The van der Waals surface area contributed by atoms with Crippen LogP contribution < -0.4 is 4.90 Å². The van der Waals surface area contributed by atoms with Crippen LogP contribution in [0.5, 0.6) is 0 Å². The van der Waals surface area contributed by atoms with Gasteiger partial charge in [0.2, 0.25) is 0 Å². The summed E-state index contributed by atoms with van der Waals surface area (Å²) in [6, 6.07) is 2.04. The van der Waals surface area contributed by atoms with E-state index in [0.29, 0.717) is 0 Å². The molecule has 1 aromatic rings. The molecule has 0 aromatic carbocycles. The number of halogens is 1. The maximum atomic E-state index is 4.69. The monoisotopic (exact) mass is 329 g/mol. The van der Waals surface area contributed by atoms with Crippen molar-refractivity contribution in [3.63, 3.8) is 0 Å². The SMILES string of the molecule is CCCc1nc(Br)cc(N2CCSC(CC)C2)n1. The minimum atomic E-state index is 0.738. The third-order valence-corrected chi connectivity index (χ3v) is 4.90. The van der Waals surface area contributed by atoms with E-state index in [1.807, 2.05) is 6.07 Å². The van der Waals surface area contributed by atoms with Crippen LogP contribution in [0.1, 0.15) is 32.5 Å². The third kappa shape index (κ3) is 3.60. The summed E-state index contributed by atoms with van der Waals surface area (Å²) in [6.07, 6.45) is 3.27. The number of nitrogens with zero attached hydrogens (tertiary/aromatic N) is 3. The largest absolute Gasteiger partial charge is 0.355 e. The Morgan fingerprint density at radius 3 is 3.00 bits per heavy atom. The first-order valence-electron chi connectivity index (χ1n) is 6.63. The highest BCUT2D eigenvalue weighted by atomic mass is 79.9. The smallest absolute Gasteiger partial charge is 0.133 e. The maximum Gasteiger partial charge on any atom is 0.133 e. The van der Waals surface area contributed by atoms with Gasteiger partial charge in [0.05, 0.1) is 0 Å². The average molecular weight is 330 g/mol. The van der Waals surface area contributed by atoms with Crippen molar-refractivity contribution in [1.29, 1.82) is 0 Å². The van der Waals surface area contributed by atoms with Gasteiger partial charge in [-0.2, -0.15) is 11.8 Å². The number of hydrogen-bond donors (Lipinski definition) is 0. The topological polar surface area (TPSA) is 29.0 Å². The van der Waals surface area contributed by atoms with Gasteiger partial charge in [-0.1, -0.05) is 13.8 Å². The molecule has 1 unspecified atom stereocenters. The van der Waals surface area contributed by atoms with E-state index in [1.165, 1.54) is 12.2 Å². The number of thioether (sulfide) groups is 1. The van der Waals surface area contributed by atoms with Gasteiger partial charge in [-0.25, -0.2) is 9.97 Å². The van der Waals surface area contributed by atoms with E-state index in [-0.39, 0.29) is 0 Å². The van der Waals surface area contributed by atoms with Crippen LogP contribution in [0.4, 0.5) is 5.82 Å². The summed E-state index contributed by atoms with van der Waals surface area (Å²) in [4.78, 5) is 11.5. The van der Waals surface area contributed by atoms with Crippen LogP contribution in [0.3, 0.4) is 0 Å². The van der Waals surface area contributed by atoms with Crippen LogP contribution >= 0.6 is 27.7 Å². The highest BCUT2D eigenvalue weighted by Crippen LogP contribution is 2.26. The summed E-state index contributed by atoms with van der Waals surface area (Å²) in [6.45, 7) is 6.63. The van der Waals surface area contributed by atoms with Crippen LogP contribution in [0.25, 0.3) is 0 Å². The van der Waals surface area contributed by atoms with Gasteiger partial charge in [0, 0.05) is 36.6 Å². The van der Waals surface area contributed by atoms with Crippen molar-refractivity contribution in [3.05, 3.63) is 16.5 Å². The Balaban J connectivity index is 2.16. The fraction of sp³-hybridized carbons (Fsp3) is 0.692. The molecule has 0 aliphatic carbocycles. The first-order chi connectivity index (χ1) is 8.72. The van der Waals surface area contributed by atoms with Gasteiger partial charge in [-0.15, -0.1) is 0 Å². The second-order valence-corrected chi connectivity index (χ2v) is 6.78. The van der Waals surface area contributed by atoms with Crippen LogP contribution in [0.2, 0.25) is 0 Å². The van der Waals surface area contributed by atoms with E-state index in [9.17, 15) is 0 Å². The van der Waals surface area contributed by atoms with Crippen molar-refractivity contribution in [2.45, 2.75) is 38.4 Å². The van der Waals surface area contributed by atoms with Gasteiger partial charge in [-0.05, 0) is 28.8 Å². The molecule has 1 saturated heterocycles. The Hall–Kier alpha value is -0.290. The van der Waals surface area contributed by atoms with Crippen molar-refractivity contribution in [3.8, 4) is 0 Å². The summed E-state index contributed by atoms with van der Waals surface area (Å²) in [7, 11) is 0. The van der Waals surface area contributed by atoms with E-state index in [4.69, 9.17) is 4.98 Å². The lowest BCUT2D eigenvalue weighted by atomic mass is 10.3. The molecule has 1 aliphatic rings. The highest BCUT2D eigenvalue weighted by molar-refractivity contribution is 9.10. The molecule has 1 aromatic heterocycles. The van der Waals surface area contributed by atoms with E-state index in [1.54, 1.807) is 0 Å². The summed E-state index contributed by atoms with van der Waals surface area (Å²) < 4.78 is 0.905. The molecule has 1 atom stereocenters. The van der Waals surface area contributed by atoms with Crippen LogP contribution in [0.15, 0.2) is 10.7 Å². The van der Waals surface area contributed by atoms with Gasteiger partial charge in [0.1, 0.15) is 16.2 Å². The predicted octanol–water partition coefficient (Wildman–Crippen LogP) is 3.52. The second-order valence-electron chi connectivity index (χ2n) is 4.56. The average Bonchev–Trinajstić information content (AvgIpc) is 2.38. The molecule has 0 bridgehead atoms. The third-order valence-electron chi connectivity index (χ3n) is 3.12.